The number of nitrogens with one attached hydrogen (secondary N) is 1. The van der Waals surface area contributed by atoms with Crippen molar-refractivity contribution in [2.45, 2.75) is 13.3 Å². The van der Waals surface area contributed by atoms with E-state index in [1.165, 1.54) is 5.69 Å². The average molecular weight is 388 g/mol. The molecule has 0 aliphatic carbocycles. The third-order valence-corrected chi connectivity index (χ3v) is 5.42. The van der Waals surface area contributed by atoms with E-state index in [0.29, 0.717) is 11.4 Å². The van der Waals surface area contributed by atoms with Crippen LogP contribution in [0.3, 0.4) is 0 Å². The fourth-order valence-corrected chi connectivity index (χ4v) is 3.41. The molecule has 1 heterocycles. The van der Waals surface area contributed by atoms with Crippen molar-refractivity contribution < 1.29 is 9.53 Å². The second-order valence-electron chi connectivity index (χ2n) is 6.74. The first kappa shape index (κ1) is 19.5. The number of ether oxygens (including phenoxy) is 1. The van der Waals surface area contributed by atoms with E-state index in [-0.39, 0.29) is 5.91 Å². The van der Waals surface area contributed by atoms with Gasteiger partial charge in [0.2, 0.25) is 5.91 Å². The molecule has 27 heavy (non-hydrogen) atoms. The molecule has 0 spiro atoms. The fraction of sp³-hybridized carbons (Fsp3) is 0.381. The van der Waals surface area contributed by atoms with Crippen molar-refractivity contribution in [1.29, 1.82) is 0 Å². The summed E-state index contributed by atoms with van der Waals surface area (Å²) in [5.74, 6) is 0.899. The van der Waals surface area contributed by atoms with Crippen molar-refractivity contribution in [3.05, 3.63) is 53.1 Å². The van der Waals surface area contributed by atoms with E-state index in [1.54, 1.807) is 7.11 Å². The van der Waals surface area contributed by atoms with Gasteiger partial charge in [0.05, 0.1) is 7.11 Å². The lowest BCUT2D eigenvalue weighted by Gasteiger charge is -2.36. The molecule has 1 aliphatic rings. The quantitative estimate of drug-likeness (QED) is 0.818. The Morgan fingerprint density at radius 1 is 1.11 bits per heavy atom. The number of rotatable bonds is 6. The third-order valence-electron chi connectivity index (χ3n) is 5.01. The van der Waals surface area contributed by atoms with Crippen LogP contribution in [-0.2, 0) is 4.79 Å². The Morgan fingerprint density at radius 3 is 2.48 bits per heavy atom. The summed E-state index contributed by atoms with van der Waals surface area (Å²) in [4.78, 5) is 17.0. The molecule has 144 valence electrons. The van der Waals surface area contributed by atoms with E-state index in [9.17, 15) is 4.79 Å². The van der Waals surface area contributed by atoms with Crippen LogP contribution in [0.4, 0.5) is 11.4 Å². The van der Waals surface area contributed by atoms with Crippen molar-refractivity contribution in [3.63, 3.8) is 0 Å². The Hall–Kier alpha value is -2.24. The van der Waals surface area contributed by atoms with Gasteiger partial charge in [-0.2, -0.15) is 0 Å². The van der Waals surface area contributed by atoms with E-state index in [1.807, 2.05) is 37.3 Å². The molecular weight excluding hydrogens is 362 g/mol. The van der Waals surface area contributed by atoms with Crippen LogP contribution in [0.1, 0.15) is 12.0 Å². The number of piperazine rings is 1. The Balaban J connectivity index is 1.43. The Kier molecular flexibility index (Phi) is 6.58. The normalized spacial score (nSPS) is 14.9. The van der Waals surface area contributed by atoms with Crippen molar-refractivity contribution in [2.75, 3.05) is 50.1 Å². The summed E-state index contributed by atoms with van der Waals surface area (Å²) in [6.07, 6.45) is 0.481. The summed E-state index contributed by atoms with van der Waals surface area (Å²) < 4.78 is 5.21. The van der Waals surface area contributed by atoms with Gasteiger partial charge in [-0.3, -0.25) is 9.69 Å². The molecule has 5 nitrogen and oxygen atoms in total. The number of benzene rings is 2. The second kappa shape index (κ2) is 9.11. The fourth-order valence-electron chi connectivity index (χ4n) is 3.24. The number of halogens is 1. The highest BCUT2D eigenvalue weighted by molar-refractivity contribution is 6.31. The summed E-state index contributed by atoms with van der Waals surface area (Å²) >= 11 is 6.11. The molecule has 2 aromatic rings. The average Bonchev–Trinajstić information content (AvgIpc) is 2.70. The number of hydrogen-bond donors (Lipinski definition) is 1. The predicted molar refractivity (Wildman–Crippen MR) is 111 cm³/mol. The first-order valence-corrected chi connectivity index (χ1v) is 9.61. The van der Waals surface area contributed by atoms with Crippen LogP contribution in [0, 0.1) is 6.92 Å². The topological polar surface area (TPSA) is 44.8 Å². The van der Waals surface area contributed by atoms with Gasteiger partial charge in [0.15, 0.2) is 0 Å². The number of carbonyl (C=O) groups is 1. The Labute approximate surface area is 165 Å². The molecule has 0 bridgehead atoms. The van der Waals surface area contributed by atoms with Crippen LogP contribution in [-0.4, -0.2) is 50.6 Å². The van der Waals surface area contributed by atoms with Crippen LogP contribution < -0.4 is 15.0 Å². The third kappa shape index (κ3) is 5.15. The number of amides is 1. The monoisotopic (exact) mass is 387 g/mol. The lowest BCUT2D eigenvalue weighted by molar-refractivity contribution is -0.116. The van der Waals surface area contributed by atoms with Crippen LogP contribution in [0.25, 0.3) is 0 Å². The summed E-state index contributed by atoms with van der Waals surface area (Å²) in [5.41, 5.74) is 2.90. The highest BCUT2D eigenvalue weighted by Crippen LogP contribution is 2.23. The van der Waals surface area contributed by atoms with Crippen LogP contribution in [0.5, 0.6) is 5.75 Å². The number of anilines is 2. The zero-order valence-corrected chi connectivity index (χ0v) is 16.6. The number of carbonyl (C=O) groups excluding carboxylic acids is 1. The lowest BCUT2D eigenvalue weighted by atomic mass is 10.2. The summed E-state index contributed by atoms with van der Waals surface area (Å²) in [7, 11) is 1.68. The number of hydrogen-bond acceptors (Lipinski definition) is 4. The van der Waals surface area contributed by atoms with Crippen molar-refractivity contribution in [1.82, 2.24) is 4.90 Å². The van der Waals surface area contributed by atoms with E-state index in [2.05, 4.69) is 27.2 Å². The summed E-state index contributed by atoms with van der Waals surface area (Å²) in [6, 6.07) is 13.7. The van der Waals surface area contributed by atoms with Gasteiger partial charge in [0, 0.05) is 55.5 Å². The Morgan fingerprint density at radius 2 is 1.81 bits per heavy atom. The largest absolute Gasteiger partial charge is 0.497 e. The molecule has 1 fully saturated rings. The molecule has 0 radical (unpaired) electrons. The van der Waals surface area contributed by atoms with E-state index >= 15 is 0 Å². The molecule has 1 saturated heterocycles. The number of nitrogens with zero attached hydrogens (tertiary/aromatic N) is 2. The minimum Gasteiger partial charge on any atom is -0.497 e. The van der Waals surface area contributed by atoms with Crippen LogP contribution >= 0.6 is 11.6 Å². The molecule has 1 N–H and O–H groups in total. The lowest BCUT2D eigenvalue weighted by Crippen LogP contribution is -2.47. The number of methoxy groups -OCH3 is 1. The van der Waals surface area contributed by atoms with Gasteiger partial charge in [-0.1, -0.05) is 17.7 Å². The minimum atomic E-state index is 0.0259. The van der Waals surface area contributed by atoms with Gasteiger partial charge in [-0.05, 0) is 48.9 Å². The van der Waals surface area contributed by atoms with Gasteiger partial charge < -0.3 is 15.0 Å². The molecule has 0 aromatic heterocycles. The maximum atomic E-state index is 12.3. The molecule has 0 atom stereocenters. The zero-order chi connectivity index (χ0) is 19.2. The van der Waals surface area contributed by atoms with Crippen LogP contribution in [0.2, 0.25) is 5.02 Å². The standard InChI is InChI=1S/C21H26ClN3O2/c1-16-19(22)4-3-5-20(16)23-21(26)10-11-24-12-14-25(15-13-24)17-6-8-18(27-2)9-7-17/h3-9H,10-15H2,1-2H3,(H,23,26). The van der Waals surface area contributed by atoms with E-state index < -0.39 is 0 Å². The summed E-state index contributed by atoms with van der Waals surface area (Å²) in [6.45, 7) is 6.51. The Bertz CT molecular complexity index is 771. The van der Waals surface area contributed by atoms with Crippen molar-refractivity contribution in [2.24, 2.45) is 0 Å². The molecule has 1 aliphatic heterocycles. The molecular formula is C21H26ClN3O2. The first-order chi connectivity index (χ1) is 13.1. The SMILES string of the molecule is COc1ccc(N2CCN(CCC(=O)Nc3cccc(Cl)c3C)CC2)cc1. The van der Waals surface area contributed by atoms with Crippen molar-refractivity contribution in [3.8, 4) is 5.75 Å². The molecule has 2 aromatic carbocycles. The smallest absolute Gasteiger partial charge is 0.225 e. The maximum Gasteiger partial charge on any atom is 0.225 e. The van der Waals surface area contributed by atoms with Gasteiger partial charge in [-0.25, -0.2) is 0 Å². The molecule has 6 heteroatoms. The highest BCUT2D eigenvalue weighted by atomic mass is 35.5. The van der Waals surface area contributed by atoms with Crippen LogP contribution in [0.15, 0.2) is 42.5 Å². The van der Waals surface area contributed by atoms with Gasteiger partial charge in [-0.15, -0.1) is 0 Å². The van der Waals surface area contributed by atoms with Gasteiger partial charge >= 0.3 is 0 Å². The molecule has 0 saturated carbocycles. The first-order valence-electron chi connectivity index (χ1n) is 9.23. The van der Waals surface area contributed by atoms with Crippen molar-refractivity contribution >= 4 is 28.9 Å². The molecule has 0 unspecified atom stereocenters. The van der Waals surface area contributed by atoms with Gasteiger partial charge in [0.25, 0.3) is 0 Å². The summed E-state index contributed by atoms with van der Waals surface area (Å²) in [5, 5.41) is 3.63. The van der Waals surface area contributed by atoms with E-state index in [0.717, 1.165) is 49.7 Å². The molecule has 3 rings (SSSR count). The zero-order valence-electron chi connectivity index (χ0n) is 15.9. The van der Waals surface area contributed by atoms with Gasteiger partial charge in [0.1, 0.15) is 5.75 Å². The molecule has 1 amide bonds. The van der Waals surface area contributed by atoms with E-state index in [4.69, 9.17) is 16.3 Å². The maximum absolute atomic E-state index is 12.3. The second-order valence-corrected chi connectivity index (χ2v) is 7.14. The highest BCUT2D eigenvalue weighted by Gasteiger charge is 2.18. The minimum absolute atomic E-state index is 0.0259. The predicted octanol–water partition coefficient (Wildman–Crippen LogP) is 3.81.